The van der Waals surface area contributed by atoms with E-state index >= 15 is 0 Å². The summed E-state index contributed by atoms with van der Waals surface area (Å²) in [5.74, 6) is 0. The predicted octanol–water partition coefficient (Wildman–Crippen LogP) is 5.94. The van der Waals surface area contributed by atoms with Crippen LogP contribution < -0.4 is 10.6 Å². The molecule has 0 amide bonds. The van der Waals surface area contributed by atoms with Gasteiger partial charge in [-0.1, -0.05) is 46.9 Å². The first-order valence-electron chi connectivity index (χ1n) is 7.71. The number of rotatable bonds is 8. The second kappa shape index (κ2) is 9.39. The van der Waals surface area contributed by atoms with Crippen LogP contribution in [0.5, 0.6) is 0 Å². The third-order valence-corrected chi connectivity index (χ3v) is 4.43. The molecule has 2 aromatic carbocycles. The quantitative estimate of drug-likeness (QED) is 0.561. The first-order valence-corrected chi connectivity index (χ1v) is 8.84. The van der Waals surface area contributed by atoms with Gasteiger partial charge in [-0.05, 0) is 56.1 Å². The van der Waals surface area contributed by atoms with Crippen molar-refractivity contribution in [3.05, 3.63) is 62.6 Å². The third-order valence-electron chi connectivity index (χ3n) is 3.54. The highest BCUT2D eigenvalue weighted by Gasteiger charge is 2.07. The summed E-state index contributed by atoms with van der Waals surface area (Å²) in [4.78, 5) is 0. The van der Waals surface area contributed by atoms with Crippen molar-refractivity contribution in [1.82, 2.24) is 5.32 Å². The van der Waals surface area contributed by atoms with E-state index in [1.54, 1.807) is 12.1 Å². The number of unbranched alkanes of at least 4 members (excludes halogenated alkanes) is 1. The minimum atomic E-state index is 0.561. The topological polar surface area (TPSA) is 24.1 Å². The summed E-state index contributed by atoms with van der Waals surface area (Å²) in [5, 5.41) is 8.58. The molecule has 0 aliphatic heterocycles. The van der Waals surface area contributed by atoms with Gasteiger partial charge in [0, 0.05) is 39.4 Å². The number of benzene rings is 2. The van der Waals surface area contributed by atoms with Crippen LogP contribution in [0.25, 0.3) is 0 Å². The van der Waals surface area contributed by atoms with Gasteiger partial charge in [0.1, 0.15) is 0 Å². The maximum Gasteiger partial charge on any atom is 0.0480 e. The lowest BCUT2D eigenvalue weighted by atomic mass is 10.2. The third kappa shape index (κ3) is 6.23. The molecule has 5 heteroatoms. The van der Waals surface area contributed by atoms with Crippen molar-refractivity contribution in [2.45, 2.75) is 26.3 Å². The van der Waals surface area contributed by atoms with Gasteiger partial charge >= 0.3 is 0 Å². The molecule has 0 saturated heterocycles. The molecular formula is C18H21Cl3N2. The summed E-state index contributed by atoms with van der Waals surface area (Å²) in [5.41, 5.74) is 3.35. The number of halogens is 3. The summed E-state index contributed by atoms with van der Waals surface area (Å²) in [7, 11) is 0. The Kier molecular flexibility index (Phi) is 7.51. The van der Waals surface area contributed by atoms with E-state index in [9.17, 15) is 0 Å². The maximum atomic E-state index is 6.16. The number of hydrogen-bond acceptors (Lipinski definition) is 2. The normalized spacial score (nSPS) is 10.8. The summed E-state index contributed by atoms with van der Waals surface area (Å²) < 4.78 is 0. The van der Waals surface area contributed by atoms with Gasteiger partial charge in [-0.2, -0.15) is 0 Å². The Morgan fingerprint density at radius 1 is 0.913 bits per heavy atom. The van der Waals surface area contributed by atoms with Crippen molar-refractivity contribution in [2.24, 2.45) is 0 Å². The standard InChI is InChI=1S/C18H21Cl3N2/c1-13-5-4-6-15(9-13)23-8-3-2-7-22-12-16-17(20)10-14(19)11-18(16)21/h4-6,9-11,22-23H,2-3,7-8,12H2,1H3. The van der Waals surface area contributed by atoms with Gasteiger partial charge in [0.25, 0.3) is 0 Å². The number of hydrogen-bond donors (Lipinski definition) is 2. The Balaban J connectivity index is 1.63. The second-order valence-corrected chi connectivity index (χ2v) is 6.78. The predicted molar refractivity (Wildman–Crippen MR) is 102 cm³/mol. The molecule has 0 radical (unpaired) electrons. The first-order chi connectivity index (χ1) is 11.1. The Morgan fingerprint density at radius 3 is 2.30 bits per heavy atom. The van der Waals surface area contributed by atoms with Gasteiger partial charge in [0.2, 0.25) is 0 Å². The van der Waals surface area contributed by atoms with Crippen LogP contribution in [0, 0.1) is 6.92 Å². The maximum absolute atomic E-state index is 6.16. The Labute approximate surface area is 153 Å². The van der Waals surface area contributed by atoms with E-state index in [0.29, 0.717) is 21.6 Å². The highest BCUT2D eigenvalue weighted by molar-refractivity contribution is 6.39. The Bertz CT molecular complexity index is 621. The van der Waals surface area contributed by atoms with Crippen LogP contribution in [-0.4, -0.2) is 13.1 Å². The lowest BCUT2D eigenvalue weighted by Gasteiger charge is -2.10. The minimum absolute atomic E-state index is 0.561. The highest BCUT2D eigenvalue weighted by atomic mass is 35.5. The molecular weight excluding hydrogens is 351 g/mol. The van der Waals surface area contributed by atoms with E-state index in [1.165, 1.54) is 11.3 Å². The summed E-state index contributed by atoms with van der Waals surface area (Å²) >= 11 is 18.2. The van der Waals surface area contributed by atoms with Crippen molar-refractivity contribution >= 4 is 40.5 Å². The van der Waals surface area contributed by atoms with E-state index in [-0.39, 0.29) is 0 Å². The SMILES string of the molecule is Cc1cccc(NCCCCNCc2c(Cl)cc(Cl)cc2Cl)c1. The van der Waals surface area contributed by atoms with Gasteiger partial charge in [0.05, 0.1) is 0 Å². The summed E-state index contributed by atoms with van der Waals surface area (Å²) in [6.07, 6.45) is 2.19. The van der Waals surface area contributed by atoms with Crippen molar-refractivity contribution in [1.29, 1.82) is 0 Å². The van der Waals surface area contributed by atoms with Gasteiger partial charge in [-0.3, -0.25) is 0 Å². The molecule has 0 spiro atoms. The van der Waals surface area contributed by atoms with Crippen molar-refractivity contribution < 1.29 is 0 Å². The van der Waals surface area contributed by atoms with Gasteiger partial charge in [0.15, 0.2) is 0 Å². The Hall–Kier alpha value is -0.930. The molecule has 2 nitrogen and oxygen atoms in total. The minimum Gasteiger partial charge on any atom is -0.385 e. The van der Waals surface area contributed by atoms with E-state index in [4.69, 9.17) is 34.8 Å². The fraction of sp³-hybridized carbons (Fsp3) is 0.333. The van der Waals surface area contributed by atoms with Gasteiger partial charge < -0.3 is 10.6 Å². The first kappa shape index (κ1) is 18.4. The summed E-state index contributed by atoms with van der Waals surface area (Å²) in [6.45, 7) is 4.64. The van der Waals surface area contributed by atoms with E-state index in [1.807, 2.05) is 0 Å². The molecule has 0 saturated carbocycles. The zero-order valence-corrected chi connectivity index (χ0v) is 15.4. The molecule has 0 heterocycles. The van der Waals surface area contributed by atoms with E-state index in [2.05, 4.69) is 41.8 Å². The average molecular weight is 372 g/mol. The summed E-state index contributed by atoms with van der Waals surface area (Å²) in [6, 6.07) is 11.9. The molecule has 0 aliphatic carbocycles. The van der Waals surface area contributed by atoms with Gasteiger partial charge in [-0.25, -0.2) is 0 Å². The molecule has 2 aromatic rings. The van der Waals surface area contributed by atoms with E-state index in [0.717, 1.165) is 31.5 Å². The van der Waals surface area contributed by atoms with Crippen LogP contribution in [0.3, 0.4) is 0 Å². The highest BCUT2D eigenvalue weighted by Crippen LogP contribution is 2.28. The van der Waals surface area contributed by atoms with Crippen LogP contribution in [-0.2, 0) is 6.54 Å². The van der Waals surface area contributed by atoms with Crippen molar-refractivity contribution in [2.75, 3.05) is 18.4 Å². The second-order valence-electron chi connectivity index (χ2n) is 5.53. The number of aryl methyl sites for hydroxylation is 1. The monoisotopic (exact) mass is 370 g/mol. The zero-order valence-electron chi connectivity index (χ0n) is 13.1. The fourth-order valence-electron chi connectivity index (χ4n) is 2.32. The smallest absolute Gasteiger partial charge is 0.0480 e. The molecule has 23 heavy (non-hydrogen) atoms. The number of anilines is 1. The molecule has 0 unspecified atom stereocenters. The van der Waals surface area contributed by atoms with E-state index < -0.39 is 0 Å². The van der Waals surface area contributed by atoms with Crippen molar-refractivity contribution in [3.63, 3.8) is 0 Å². The Morgan fingerprint density at radius 2 is 1.61 bits per heavy atom. The molecule has 0 aliphatic rings. The van der Waals surface area contributed by atoms with Gasteiger partial charge in [-0.15, -0.1) is 0 Å². The molecule has 2 N–H and O–H groups in total. The molecule has 0 fully saturated rings. The fourth-order valence-corrected chi connectivity index (χ4v) is 3.27. The molecule has 124 valence electrons. The average Bonchev–Trinajstić information content (AvgIpc) is 2.48. The molecule has 0 atom stereocenters. The lowest BCUT2D eigenvalue weighted by Crippen LogP contribution is -2.16. The van der Waals surface area contributed by atoms with Crippen LogP contribution in [0.1, 0.15) is 24.0 Å². The number of nitrogens with one attached hydrogen (secondary N) is 2. The zero-order chi connectivity index (χ0) is 16.7. The van der Waals surface area contributed by atoms with Crippen molar-refractivity contribution in [3.8, 4) is 0 Å². The largest absolute Gasteiger partial charge is 0.385 e. The van der Waals surface area contributed by atoms with Crippen LogP contribution in [0.4, 0.5) is 5.69 Å². The molecule has 2 rings (SSSR count). The van der Waals surface area contributed by atoms with Crippen LogP contribution >= 0.6 is 34.8 Å². The molecule has 0 aromatic heterocycles. The van der Waals surface area contributed by atoms with Crippen LogP contribution in [0.2, 0.25) is 15.1 Å². The van der Waals surface area contributed by atoms with Crippen LogP contribution in [0.15, 0.2) is 36.4 Å². The lowest BCUT2D eigenvalue weighted by molar-refractivity contribution is 0.633. The molecule has 0 bridgehead atoms.